The number of benzene rings is 1. The summed E-state index contributed by atoms with van der Waals surface area (Å²) >= 11 is 1.47. The zero-order chi connectivity index (χ0) is 15.7. The molecule has 0 bridgehead atoms. The summed E-state index contributed by atoms with van der Waals surface area (Å²) in [6.07, 6.45) is 0.506. The lowest BCUT2D eigenvalue weighted by Crippen LogP contribution is -2.33. The third kappa shape index (κ3) is 6.18. The molecule has 0 saturated heterocycles. The maximum atomic E-state index is 12.0. The highest BCUT2D eigenvalue weighted by atomic mass is 32.2. The SMILES string of the molecule is CCOC(=O)C(N)CCSCC(=O)N(C)c1ccccc1. The molecule has 0 saturated carbocycles. The number of thioether (sulfide) groups is 1. The lowest BCUT2D eigenvalue weighted by Gasteiger charge is -2.17. The first-order chi connectivity index (χ1) is 10.1. The summed E-state index contributed by atoms with van der Waals surface area (Å²) in [6.45, 7) is 2.08. The molecule has 1 rings (SSSR count). The average molecular weight is 310 g/mol. The molecule has 1 amide bonds. The Morgan fingerprint density at radius 2 is 2.00 bits per heavy atom. The van der Waals surface area contributed by atoms with Crippen molar-refractivity contribution in [1.29, 1.82) is 0 Å². The Hall–Kier alpha value is -1.53. The van der Waals surface area contributed by atoms with Gasteiger partial charge in [-0.3, -0.25) is 9.59 Å². The fourth-order valence-electron chi connectivity index (χ4n) is 1.63. The van der Waals surface area contributed by atoms with Crippen LogP contribution < -0.4 is 10.6 Å². The summed E-state index contributed by atoms with van der Waals surface area (Å²) in [5, 5.41) is 0. The van der Waals surface area contributed by atoms with E-state index in [0.29, 0.717) is 24.5 Å². The molecule has 5 nitrogen and oxygen atoms in total. The standard InChI is InChI=1S/C15H22N2O3S/c1-3-20-15(19)13(16)9-10-21-11-14(18)17(2)12-7-5-4-6-8-12/h4-8,13H,3,9-11,16H2,1-2H3. The summed E-state index contributed by atoms with van der Waals surface area (Å²) in [5.74, 6) is 0.650. The van der Waals surface area contributed by atoms with Gasteiger partial charge in [0.15, 0.2) is 0 Å². The van der Waals surface area contributed by atoms with Gasteiger partial charge in [-0.15, -0.1) is 0 Å². The predicted molar refractivity (Wildman–Crippen MR) is 86.4 cm³/mol. The van der Waals surface area contributed by atoms with Crippen LogP contribution in [0.5, 0.6) is 0 Å². The Morgan fingerprint density at radius 3 is 2.62 bits per heavy atom. The molecule has 21 heavy (non-hydrogen) atoms. The molecular weight excluding hydrogens is 288 g/mol. The zero-order valence-corrected chi connectivity index (χ0v) is 13.3. The number of nitrogens with two attached hydrogens (primary N) is 1. The smallest absolute Gasteiger partial charge is 0.322 e. The lowest BCUT2D eigenvalue weighted by atomic mass is 10.2. The molecule has 1 atom stereocenters. The van der Waals surface area contributed by atoms with E-state index in [0.717, 1.165) is 5.69 Å². The first-order valence-electron chi connectivity index (χ1n) is 6.87. The summed E-state index contributed by atoms with van der Waals surface area (Å²) in [4.78, 5) is 25.0. The van der Waals surface area contributed by atoms with Crippen molar-refractivity contribution in [2.75, 3.05) is 30.1 Å². The van der Waals surface area contributed by atoms with Crippen LogP contribution in [0.3, 0.4) is 0 Å². The van der Waals surface area contributed by atoms with Crippen molar-refractivity contribution in [3.8, 4) is 0 Å². The largest absolute Gasteiger partial charge is 0.465 e. The second-order valence-corrected chi connectivity index (χ2v) is 5.59. The second-order valence-electron chi connectivity index (χ2n) is 4.49. The maximum Gasteiger partial charge on any atom is 0.322 e. The van der Waals surface area contributed by atoms with E-state index in [2.05, 4.69) is 0 Å². The molecule has 1 aromatic rings. The van der Waals surface area contributed by atoms with E-state index in [1.54, 1.807) is 18.9 Å². The van der Waals surface area contributed by atoms with Crippen molar-refractivity contribution < 1.29 is 14.3 Å². The van der Waals surface area contributed by atoms with Crippen LogP contribution in [0.25, 0.3) is 0 Å². The minimum Gasteiger partial charge on any atom is -0.465 e. The summed E-state index contributed by atoms with van der Waals surface area (Å²) in [6, 6.07) is 8.86. The molecule has 6 heteroatoms. The summed E-state index contributed by atoms with van der Waals surface area (Å²) in [7, 11) is 1.75. The molecule has 1 aromatic carbocycles. The molecule has 0 aliphatic rings. The Labute approximate surface area is 129 Å². The average Bonchev–Trinajstić information content (AvgIpc) is 2.51. The number of hydrogen-bond acceptors (Lipinski definition) is 5. The third-order valence-corrected chi connectivity index (χ3v) is 3.88. The number of hydrogen-bond donors (Lipinski definition) is 1. The zero-order valence-electron chi connectivity index (χ0n) is 12.5. The van der Waals surface area contributed by atoms with Crippen LogP contribution in [0, 0.1) is 0 Å². The normalized spacial score (nSPS) is 11.8. The van der Waals surface area contributed by atoms with Crippen molar-refractivity contribution in [2.24, 2.45) is 5.73 Å². The molecular formula is C15H22N2O3S. The number of nitrogens with zero attached hydrogens (tertiary/aromatic N) is 1. The van der Waals surface area contributed by atoms with Gasteiger partial charge in [-0.2, -0.15) is 11.8 Å². The predicted octanol–water partition coefficient (Wildman–Crippen LogP) is 1.66. The van der Waals surface area contributed by atoms with Crippen molar-refractivity contribution in [3.05, 3.63) is 30.3 Å². The van der Waals surface area contributed by atoms with E-state index >= 15 is 0 Å². The Balaban J connectivity index is 2.26. The minimum atomic E-state index is -0.612. The number of carbonyl (C=O) groups excluding carboxylic acids is 2. The van der Waals surface area contributed by atoms with Gasteiger partial charge in [-0.1, -0.05) is 18.2 Å². The topological polar surface area (TPSA) is 72.6 Å². The highest BCUT2D eigenvalue weighted by Crippen LogP contribution is 2.13. The molecule has 1 unspecified atom stereocenters. The molecule has 0 heterocycles. The molecule has 0 aliphatic heterocycles. The van der Waals surface area contributed by atoms with Crippen molar-refractivity contribution >= 4 is 29.3 Å². The van der Waals surface area contributed by atoms with Gasteiger partial charge in [-0.25, -0.2) is 0 Å². The molecule has 0 spiro atoms. The first-order valence-corrected chi connectivity index (χ1v) is 8.03. The number of amides is 1. The monoisotopic (exact) mass is 310 g/mol. The van der Waals surface area contributed by atoms with E-state index in [-0.39, 0.29) is 11.9 Å². The number of ether oxygens (including phenoxy) is 1. The van der Waals surface area contributed by atoms with Crippen LogP contribution >= 0.6 is 11.8 Å². The minimum absolute atomic E-state index is 0.0240. The van der Waals surface area contributed by atoms with E-state index in [4.69, 9.17) is 10.5 Å². The van der Waals surface area contributed by atoms with E-state index < -0.39 is 6.04 Å². The molecule has 0 fully saturated rings. The van der Waals surface area contributed by atoms with Gasteiger partial charge in [-0.05, 0) is 31.2 Å². The lowest BCUT2D eigenvalue weighted by molar-refractivity contribution is -0.144. The van der Waals surface area contributed by atoms with Gasteiger partial charge in [0, 0.05) is 12.7 Å². The number of carbonyl (C=O) groups is 2. The Morgan fingerprint density at radius 1 is 1.33 bits per heavy atom. The number of para-hydroxylation sites is 1. The van der Waals surface area contributed by atoms with Gasteiger partial charge in [0.25, 0.3) is 0 Å². The van der Waals surface area contributed by atoms with Crippen LogP contribution in [0.2, 0.25) is 0 Å². The van der Waals surface area contributed by atoms with Crippen LogP contribution in [0.1, 0.15) is 13.3 Å². The molecule has 2 N–H and O–H groups in total. The van der Waals surface area contributed by atoms with Crippen LogP contribution in [-0.4, -0.2) is 43.1 Å². The van der Waals surface area contributed by atoms with Gasteiger partial charge in [0.05, 0.1) is 12.4 Å². The van der Waals surface area contributed by atoms with Crippen molar-refractivity contribution in [1.82, 2.24) is 0 Å². The number of rotatable bonds is 8. The first kappa shape index (κ1) is 17.5. The highest BCUT2D eigenvalue weighted by molar-refractivity contribution is 7.99. The Bertz CT molecular complexity index is 453. The summed E-state index contributed by atoms with van der Waals surface area (Å²) < 4.78 is 4.83. The van der Waals surface area contributed by atoms with Crippen molar-refractivity contribution in [2.45, 2.75) is 19.4 Å². The second kappa shape index (κ2) is 9.41. The van der Waals surface area contributed by atoms with Gasteiger partial charge in [0.2, 0.25) is 5.91 Å². The highest BCUT2D eigenvalue weighted by Gasteiger charge is 2.15. The van der Waals surface area contributed by atoms with E-state index in [9.17, 15) is 9.59 Å². The third-order valence-electron chi connectivity index (χ3n) is 2.91. The van der Waals surface area contributed by atoms with Gasteiger partial charge >= 0.3 is 5.97 Å². The van der Waals surface area contributed by atoms with Gasteiger partial charge < -0.3 is 15.4 Å². The number of esters is 1. The van der Waals surface area contributed by atoms with Crippen LogP contribution in [0.15, 0.2) is 30.3 Å². The molecule has 0 aliphatic carbocycles. The Kier molecular flexibility index (Phi) is 7.85. The van der Waals surface area contributed by atoms with Crippen molar-refractivity contribution in [3.63, 3.8) is 0 Å². The fraction of sp³-hybridized carbons (Fsp3) is 0.467. The quantitative estimate of drug-likeness (QED) is 0.584. The van der Waals surface area contributed by atoms with E-state index in [1.807, 2.05) is 30.3 Å². The van der Waals surface area contributed by atoms with Crippen LogP contribution in [-0.2, 0) is 14.3 Å². The summed E-state index contributed by atoms with van der Waals surface area (Å²) in [5.41, 5.74) is 6.55. The van der Waals surface area contributed by atoms with Crippen LogP contribution in [0.4, 0.5) is 5.69 Å². The fourth-order valence-corrected chi connectivity index (χ4v) is 2.56. The molecule has 0 radical (unpaired) electrons. The number of anilines is 1. The van der Waals surface area contributed by atoms with E-state index in [1.165, 1.54) is 11.8 Å². The molecule has 0 aromatic heterocycles. The maximum absolute atomic E-state index is 12.0. The molecule has 116 valence electrons. The van der Waals surface area contributed by atoms with Gasteiger partial charge in [0.1, 0.15) is 6.04 Å².